The van der Waals surface area contributed by atoms with E-state index in [4.69, 9.17) is 15.2 Å². The van der Waals surface area contributed by atoms with Gasteiger partial charge in [-0.25, -0.2) is 0 Å². The Bertz CT molecular complexity index is 345. The predicted molar refractivity (Wildman–Crippen MR) is 73.2 cm³/mol. The zero-order valence-corrected chi connectivity index (χ0v) is 11.3. The summed E-state index contributed by atoms with van der Waals surface area (Å²) in [6, 6.07) is 9.36. The Morgan fingerprint density at radius 3 is 2.78 bits per heavy atom. The van der Waals surface area contributed by atoms with Gasteiger partial charge in [-0.2, -0.15) is 0 Å². The molecule has 0 fully saturated rings. The third-order valence-electron chi connectivity index (χ3n) is 2.16. The summed E-state index contributed by atoms with van der Waals surface area (Å²) in [6.07, 6.45) is 0. The van der Waals surface area contributed by atoms with Gasteiger partial charge in [-0.15, -0.1) is 11.8 Å². The van der Waals surface area contributed by atoms with Gasteiger partial charge in [0.25, 0.3) is 0 Å². The minimum Gasteiger partial charge on any atom is -0.465 e. The molecule has 0 spiro atoms. The average molecular weight is 269 g/mol. The number of hydrogen-bond donors (Lipinski definition) is 1. The first-order valence-electron chi connectivity index (χ1n) is 5.85. The number of ether oxygens (including phenoxy) is 2. The van der Waals surface area contributed by atoms with E-state index in [1.54, 1.807) is 6.92 Å². The number of carbonyl (C=O) groups excluding carboxylic acids is 1. The van der Waals surface area contributed by atoms with Gasteiger partial charge in [-0.1, -0.05) is 30.3 Å². The second kappa shape index (κ2) is 8.97. The van der Waals surface area contributed by atoms with Crippen molar-refractivity contribution in [3.8, 4) is 0 Å². The van der Waals surface area contributed by atoms with Crippen molar-refractivity contribution in [2.24, 2.45) is 5.73 Å². The first-order chi connectivity index (χ1) is 8.74. The van der Waals surface area contributed by atoms with E-state index >= 15 is 0 Å². The third kappa shape index (κ3) is 6.05. The van der Waals surface area contributed by atoms with Crippen molar-refractivity contribution in [2.45, 2.75) is 19.6 Å². The van der Waals surface area contributed by atoms with Crippen molar-refractivity contribution in [3.05, 3.63) is 35.9 Å². The van der Waals surface area contributed by atoms with Gasteiger partial charge in [0.05, 0.1) is 19.2 Å². The first kappa shape index (κ1) is 15.0. The molecular formula is C13H19NO3S. The van der Waals surface area contributed by atoms with Gasteiger partial charge in [0, 0.05) is 5.75 Å². The summed E-state index contributed by atoms with van der Waals surface area (Å²) in [7, 11) is 0. The number of carbonyl (C=O) groups is 1. The van der Waals surface area contributed by atoms with E-state index in [2.05, 4.69) is 0 Å². The highest BCUT2D eigenvalue weighted by Crippen LogP contribution is 2.07. The van der Waals surface area contributed by atoms with Gasteiger partial charge in [0.15, 0.2) is 0 Å². The Hall–Kier alpha value is -1.04. The number of benzene rings is 1. The molecule has 0 radical (unpaired) electrons. The maximum absolute atomic E-state index is 11.2. The maximum Gasteiger partial charge on any atom is 0.323 e. The van der Waals surface area contributed by atoms with Gasteiger partial charge >= 0.3 is 5.97 Å². The van der Waals surface area contributed by atoms with Gasteiger partial charge in [-0.3, -0.25) is 4.79 Å². The minimum absolute atomic E-state index is 0.354. The highest BCUT2D eigenvalue weighted by Gasteiger charge is 2.13. The Labute approximate surface area is 112 Å². The molecule has 5 heteroatoms. The number of esters is 1. The van der Waals surface area contributed by atoms with Crippen LogP contribution in [0.2, 0.25) is 0 Å². The zero-order chi connectivity index (χ0) is 13.2. The molecule has 1 rings (SSSR count). The first-order valence-corrected chi connectivity index (χ1v) is 7.01. The lowest BCUT2D eigenvalue weighted by atomic mass is 10.2. The summed E-state index contributed by atoms with van der Waals surface area (Å²) in [5, 5.41) is 0. The summed E-state index contributed by atoms with van der Waals surface area (Å²) in [4.78, 5) is 11.2. The molecule has 2 N–H and O–H groups in total. The number of nitrogens with two attached hydrogens (primary N) is 1. The summed E-state index contributed by atoms with van der Waals surface area (Å²) < 4.78 is 10.3. The van der Waals surface area contributed by atoms with Crippen LogP contribution in [-0.4, -0.2) is 30.3 Å². The molecule has 100 valence electrons. The molecular weight excluding hydrogens is 250 g/mol. The van der Waals surface area contributed by atoms with Crippen molar-refractivity contribution < 1.29 is 14.3 Å². The predicted octanol–water partition coefficient (Wildman–Crippen LogP) is 1.78. The zero-order valence-electron chi connectivity index (χ0n) is 10.5. The van der Waals surface area contributed by atoms with E-state index in [9.17, 15) is 4.79 Å². The Balaban J connectivity index is 2.07. The van der Waals surface area contributed by atoms with Crippen LogP contribution in [0.5, 0.6) is 0 Å². The fourth-order valence-electron chi connectivity index (χ4n) is 1.29. The van der Waals surface area contributed by atoms with Crippen molar-refractivity contribution in [2.75, 3.05) is 18.3 Å². The lowest BCUT2D eigenvalue weighted by Crippen LogP contribution is -2.34. The fraction of sp³-hybridized carbons (Fsp3) is 0.462. The van der Waals surface area contributed by atoms with Gasteiger partial charge in [-0.05, 0) is 12.5 Å². The van der Waals surface area contributed by atoms with Crippen LogP contribution < -0.4 is 5.73 Å². The molecule has 1 aromatic carbocycles. The quantitative estimate of drug-likeness (QED) is 0.443. The van der Waals surface area contributed by atoms with Gasteiger partial charge < -0.3 is 15.2 Å². The van der Waals surface area contributed by atoms with Crippen molar-refractivity contribution in [1.82, 2.24) is 0 Å². The molecule has 0 aliphatic rings. The molecule has 18 heavy (non-hydrogen) atoms. The minimum atomic E-state index is -0.574. The third-order valence-corrected chi connectivity index (χ3v) is 3.09. The monoisotopic (exact) mass is 269 g/mol. The lowest BCUT2D eigenvalue weighted by Gasteiger charge is -2.10. The van der Waals surface area contributed by atoms with Gasteiger partial charge in [0.1, 0.15) is 6.04 Å². The van der Waals surface area contributed by atoms with E-state index in [0.717, 1.165) is 5.56 Å². The topological polar surface area (TPSA) is 61.5 Å². The second-order valence-electron chi connectivity index (χ2n) is 3.68. The highest BCUT2D eigenvalue weighted by molar-refractivity contribution is 7.99. The lowest BCUT2D eigenvalue weighted by molar-refractivity contribution is -0.144. The molecule has 0 amide bonds. The molecule has 1 unspecified atom stereocenters. The molecule has 4 nitrogen and oxygen atoms in total. The Morgan fingerprint density at radius 1 is 1.39 bits per heavy atom. The summed E-state index contributed by atoms with van der Waals surface area (Å²) in [5.41, 5.74) is 6.78. The SMILES string of the molecule is CCOC(=O)C(N)CSCOCc1ccccc1. The molecule has 0 bridgehead atoms. The van der Waals surface area contributed by atoms with E-state index in [1.807, 2.05) is 30.3 Å². The number of thioether (sulfide) groups is 1. The standard InChI is InChI=1S/C13H19NO3S/c1-2-17-13(15)12(14)9-18-10-16-8-11-6-4-3-5-7-11/h3-7,12H,2,8-10,14H2,1H3. The molecule has 0 saturated heterocycles. The molecule has 0 heterocycles. The van der Waals surface area contributed by atoms with E-state index in [1.165, 1.54) is 11.8 Å². The van der Waals surface area contributed by atoms with Crippen molar-refractivity contribution in [3.63, 3.8) is 0 Å². The number of rotatable bonds is 8. The Morgan fingerprint density at radius 2 is 2.11 bits per heavy atom. The van der Waals surface area contributed by atoms with Crippen LogP contribution in [0.25, 0.3) is 0 Å². The average Bonchev–Trinajstić information content (AvgIpc) is 2.39. The van der Waals surface area contributed by atoms with E-state index in [0.29, 0.717) is 24.9 Å². The molecule has 0 aliphatic carbocycles. The summed E-state index contributed by atoms with van der Waals surface area (Å²) in [5.74, 6) is 0.670. The molecule has 0 aromatic heterocycles. The van der Waals surface area contributed by atoms with Crippen LogP contribution in [0.1, 0.15) is 12.5 Å². The second-order valence-corrected chi connectivity index (χ2v) is 4.66. The largest absolute Gasteiger partial charge is 0.465 e. The van der Waals surface area contributed by atoms with Crippen LogP contribution in [0.4, 0.5) is 0 Å². The van der Waals surface area contributed by atoms with Crippen LogP contribution >= 0.6 is 11.8 Å². The van der Waals surface area contributed by atoms with E-state index in [-0.39, 0.29) is 5.97 Å². The van der Waals surface area contributed by atoms with Crippen LogP contribution in [-0.2, 0) is 20.9 Å². The van der Waals surface area contributed by atoms with Crippen LogP contribution in [0.15, 0.2) is 30.3 Å². The summed E-state index contributed by atoms with van der Waals surface area (Å²) in [6.45, 7) is 2.70. The van der Waals surface area contributed by atoms with Crippen LogP contribution in [0.3, 0.4) is 0 Å². The smallest absolute Gasteiger partial charge is 0.323 e. The Kier molecular flexibility index (Phi) is 7.48. The number of hydrogen-bond acceptors (Lipinski definition) is 5. The van der Waals surface area contributed by atoms with E-state index < -0.39 is 6.04 Å². The molecule has 1 aromatic rings. The molecule has 1 atom stereocenters. The van der Waals surface area contributed by atoms with Gasteiger partial charge in [0.2, 0.25) is 0 Å². The van der Waals surface area contributed by atoms with Crippen molar-refractivity contribution >= 4 is 17.7 Å². The fourth-order valence-corrected chi connectivity index (χ4v) is 1.97. The van der Waals surface area contributed by atoms with Crippen LogP contribution in [0, 0.1) is 0 Å². The maximum atomic E-state index is 11.2. The molecule has 0 aliphatic heterocycles. The highest BCUT2D eigenvalue weighted by atomic mass is 32.2. The molecule has 0 saturated carbocycles. The normalized spacial score (nSPS) is 12.1. The summed E-state index contributed by atoms with van der Waals surface area (Å²) >= 11 is 1.49. The van der Waals surface area contributed by atoms with Crippen molar-refractivity contribution in [1.29, 1.82) is 0 Å².